The highest BCUT2D eigenvalue weighted by Crippen LogP contribution is 2.46. The van der Waals surface area contributed by atoms with Crippen LogP contribution in [0.2, 0.25) is 0 Å². The second-order valence-electron chi connectivity index (χ2n) is 10.7. The van der Waals surface area contributed by atoms with E-state index in [0.29, 0.717) is 52.3 Å². The molecule has 4 heterocycles. The van der Waals surface area contributed by atoms with Crippen LogP contribution < -0.4 is 5.32 Å². The topological polar surface area (TPSA) is 88.6 Å². The summed E-state index contributed by atoms with van der Waals surface area (Å²) in [6.45, 7) is 2.36. The van der Waals surface area contributed by atoms with Gasteiger partial charge in [0, 0.05) is 28.9 Å². The first-order valence-corrected chi connectivity index (χ1v) is 15.2. The smallest absolute Gasteiger partial charge is 0.340 e. The van der Waals surface area contributed by atoms with E-state index in [1.54, 1.807) is 35.4 Å². The van der Waals surface area contributed by atoms with Gasteiger partial charge in [-0.2, -0.15) is 0 Å². The van der Waals surface area contributed by atoms with E-state index >= 15 is 0 Å². The van der Waals surface area contributed by atoms with Gasteiger partial charge < -0.3 is 15.0 Å². The van der Waals surface area contributed by atoms with Gasteiger partial charge in [-0.15, -0.1) is 11.3 Å². The van der Waals surface area contributed by atoms with E-state index < -0.39 is 23.5 Å². The van der Waals surface area contributed by atoms with E-state index in [4.69, 9.17) is 9.72 Å². The second-order valence-corrected chi connectivity index (χ2v) is 11.6. The fourth-order valence-electron chi connectivity index (χ4n) is 5.83. The maximum absolute atomic E-state index is 13.7. The Hall–Kier alpha value is -4.51. The number of fused-ring (bicyclic) bond motifs is 3. The highest BCUT2D eigenvalue weighted by atomic mass is 32.1. The van der Waals surface area contributed by atoms with Crippen LogP contribution in [0.5, 0.6) is 0 Å². The zero-order valence-electron chi connectivity index (χ0n) is 23.8. The lowest BCUT2D eigenvalue weighted by Gasteiger charge is -2.17. The van der Waals surface area contributed by atoms with Crippen LogP contribution in [-0.4, -0.2) is 40.8 Å². The van der Waals surface area contributed by atoms with E-state index in [1.165, 1.54) is 29.5 Å². The number of pyridine rings is 1. The molecule has 6 rings (SSSR count). The molecule has 44 heavy (non-hydrogen) atoms. The van der Waals surface area contributed by atoms with Gasteiger partial charge in [0.25, 0.3) is 11.8 Å². The minimum absolute atomic E-state index is 0.0252. The Morgan fingerprint density at radius 2 is 1.80 bits per heavy atom. The molecular formula is C33H28F3N3O4S. The third kappa shape index (κ3) is 5.59. The Morgan fingerprint density at radius 3 is 2.55 bits per heavy atom. The number of amides is 2. The average molecular weight is 620 g/mol. The maximum atomic E-state index is 13.7. The zero-order valence-corrected chi connectivity index (χ0v) is 24.6. The molecule has 0 spiro atoms. The van der Waals surface area contributed by atoms with Crippen molar-refractivity contribution in [2.24, 2.45) is 0 Å². The van der Waals surface area contributed by atoms with Gasteiger partial charge in [0.1, 0.15) is 5.82 Å². The predicted octanol–water partition coefficient (Wildman–Crippen LogP) is 6.41. The number of hydrogen-bond acceptors (Lipinski definition) is 6. The van der Waals surface area contributed by atoms with Crippen LogP contribution in [0.25, 0.3) is 10.4 Å². The number of aryl methyl sites for hydroxylation is 2. The maximum Gasteiger partial charge on any atom is 0.340 e. The number of nitrogens with zero attached hydrogens (tertiary/aromatic N) is 2. The van der Waals surface area contributed by atoms with Gasteiger partial charge in [0.2, 0.25) is 0 Å². The summed E-state index contributed by atoms with van der Waals surface area (Å²) in [6, 6.07) is 10.9. The molecule has 2 amide bonds. The summed E-state index contributed by atoms with van der Waals surface area (Å²) >= 11 is 1.21. The molecule has 0 saturated carbocycles. The lowest BCUT2D eigenvalue weighted by molar-refractivity contribution is 0.0525. The molecule has 226 valence electrons. The van der Waals surface area contributed by atoms with E-state index in [9.17, 15) is 27.6 Å². The number of carbonyl (C=O) groups is 3. The van der Waals surface area contributed by atoms with Crippen LogP contribution >= 0.6 is 11.3 Å². The number of carbonyl (C=O) groups excluding carboxylic acids is 3. The van der Waals surface area contributed by atoms with Crippen LogP contribution in [0.1, 0.15) is 79.4 Å². The van der Waals surface area contributed by atoms with Crippen molar-refractivity contribution in [3.63, 3.8) is 0 Å². The molecule has 2 aliphatic rings. The van der Waals surface area contributed by atoms with E-state index in [2.05, 4.69) is 5.32 Å². The van der Waals surface area contributed by atoms with E-state index in [1.807, 2.05) is 0 Å². The van der Waals surface area contributed by atoms with Gasteiger partial charge in [-0.1, -0.05) is 18.2 Å². The van der Waals surface area contributed by atoms with Crippen molar-refractivity contribution >= 4 is 29.1 Å². The third-order valence-electron chi connectivity index (χ3n) is 7.93. The lowest BCUT2D eigenvalue weighted by Crippen LogP contribution is -2.23. The third-order valence-corrected chi connectivity index (χ3v) is 8.88. The van der Waals surface area contributed by atoms with Crippen molar-refractivity contribution in [3.05, 3.63) is 111 Å². The molecule has 7 nitrogen and oxygen atoms in total. The van der Waals surface area contributed by atoms with Crippen LogP contribution in [-0.2, 0) is 24.1 Å². The molecule has 1 N–H and O–H groups in total. The first kappa shape index (κ1) is 29.6. The number of nitrogens with one attached hydrogen (secondary N) is 1. The van der Waals surface area contributed by atoms with Gasteiger partial charge in [-0.3, -0.25) is 14.6 Å². The highest BCUT2D eigenvalue weighted by molar-refractivity contribution is 7.14. The summed E-state index contributed by atoms with van der Waals surface area (Å²) in [7, 11) is 0. The molecule has 0 bridgehead atoms. The quantitative estimate of drug-likeness (QED) is 0.219. The normalized spacial score (nSPS) is 15.3. The standard InChI is InChI=1S/C33H28F3N3O4S/c1-2-43-33(42)27-24(12-8-18-5-9-21(34)10-6-18)38-30-25-4-3-13-39(25)32(41)29(30)28(27)26-15-20(17-44-26)31(40)37-16-19-7-11-22(35)23(36)14-19/h5-7,9-11,14-15,17,25H,2-4,8,12-13,16H2,1H3,(H,37,40)/t25-/m0/s1. The molecule has 2 aliphatic heterocycles. The molecular weight excluding hydrogens is 591 g/mol. The van der Waals surface area contributed by atoms with Crippen molar-refractivity contribution in [2.75, 3.05) is 13.2 Å². The summed E-state index contributed by atoms with van der Waals surface area (Å²) in [5.41, 5.74) is 3.54. The van der Waals surface area contributed by atoms with Crippen molar-refractivity contribution < 1.29 is 32.3 Å². The average Bonchev–Trinajstić information content (AvgIpc) is 3.75. The summed E-state index contributed by atoms with van der Waals surface area (Å²) in [5.74, 6) is -3.61. The Balaban J connectivity index is 1.40. The van der Waals surface area contributed by atoms with Crippen LogP contribution in [0.15, 0.2) is 53.9 Å². The minimum atomic E-state index is -1.01. The number of halogens is 3. The Labute approximate surface area is 255 Å². The Bertz CT molecular complexity index is 1770. The SMILES string of the molecule is CCOC(=O)c1c(CCc2ccc(F)cc2)nc2c(c1-c1cc(C(=O)NCc3ccc(F)c(F)c3)cs1)C(=O)N1CCC[C@@H]21. The predicted molar refractivity (Wildman–Crippen MR) is 158 cm³/mol. The van der Waals surface area contributed by atoms with Crippen molar-refractivity contribution in [1.82, 2.24) is 15.2 Å². The summed E-state index contributed by atoms with van der Waals surface area (Å²) < 4.78 is 45.9. The van der Waals surface area contributed by atoms with Crippen molar-refractivity contribution in [2.45, 2.75) is 45.2 Å². The van der Waals surface area contributed by atoms with Gasteiger partial charge >= 0.3 is 5.97 Å². The Kier molecular flexibility index (Phi) is 8.22. The van der Waals surface area contributed by atoms with E-state index in [0.717, 1.165) is 30.5 Å². The van der Waals surface area contributed by atoms with Crippen LogP contribution in [0.3, 0.4) is 0 Å². The van der Waals surface area contributed by atoms with Crippen LogP contribution in [0, 0.1) is 17.5 Å². The molecule has 2 aromatic carbocycles. The summed E-state index contributed by atoms with van der Waals surface area (Å²) in [4.78, 5) is 47.6. The number of rotatable bonds is 9. The van der Waals surface area contributed by atoms with Gasteiger partial charge in [-0.25, -0.2) is 18.0 Å². The molecule has 4 aromatic rings. The largest absolute Gasteiger partial charge is 0.462 e. The van der Waals surface area contributed by atoms with Crippen molar-refractivity contribution in [1.29, 1.82) is 0 Å². The molecule has 0 aliphatic carbocycles. The summed E-state index contributed by atoms with van der Waals surface area (Å²) in [5, 5.41) is 4.33. The first-order valence-electron chi connectivity index (χ1n) is 14.4. The second kappa shape index (κ2) is 12.2. The number of esters is 1. The number of ether oxygens (including phenoxy) is 1. The number of thiophene rings is 1. The number of hydrogen-bond donors (Lipinski definition) is 1. The molecule has 1 fully saturated rings. The molecule has 0 radical (unpaired) electrons. The van der Waals surface area contributed by atoms with E-state index in [-0.39, 0.29) is 42.0 Å². The molecule has 1 saturated heterocycles. The van der Waals surface area contributed by atoms with Crippen molar-refractivity contribution in [3.8, 4) is 10.4 Å². The van der Waals surface area contributed by atoms with Crippen LogP contribution in [0.4, 0.5) is 13.2 Å². The lowest BCUT2D eigenvalue weighted by atomic mass is 9.93. The molecule has 0 unspecified atom stereocenters. The first-order chi connectivity index (χ1) is 21.2. The van der Waals surface area contributed by atoms with Gasteiger partial charge in [-0.05, 0) is 74.1 Å². The fraction of sp³-hybridized carbons (Fsp3) is 0.273. The number of aromatic nitrogens is 1. The fourth-order valence-corrected chi connectivity index (χ4v) is 6.78. The monoisotopic (exact) mass is 619 g/mol. The van der Waals surface area contributed by atoms with Gasteiger partial charge in [0.05, 0.1) is 40.7 Å². The molecule has 2 aromatic heterocycles. The Morgan fingerprint density at radius 1 is 1.02 bits per heavy atom. The summed E-state index contributed by atoms with van der Waals surface area (Å²) in [6.07, 6.45) is 2.42. The molecule has 11 heteroatoms. The number of benzene rings is 2. The zero-order chi connectivity index (χ0) is 31.0. The van der Waals surface area contributed by atoms with Gasteiger partial charge in [0.15, 0.2) is 11.6 Å². The highest BCUT2D eigenvalue weighted by Gasteiger charge is 2.45. The molecule has 1 atom stereocenters. The minimum Gasteiger partial charge on any atom is -0.462 e.